The zero-order valence-corrected chi connectivity index (χ0v) is 15.7. The molecule has 0 spiro atoms. The molecule has 2 N–H and O–H groups in total. The van der Waals surface area contributed by atoms with Gasteiger partial charge in [0.25, 0.3) is 0 Å². The molecule has 0 aromatic heterocycles. The van der Waals surface area contributed by atoms with Crippen molar-refractivity contribution < 1.29 is 23.9 Å². The Hall–Kier alpha value is -3.35. The van der Waals surface area contributed by atoms with Gasteiger partial charge in [-0.2, -0.15) is 0 Å². The lowest BCUT2D eigenvalue weighted by atomic mass is 9.90. The quantitative estimate of drug-likeness (QED) is 0.602. The van der Waals surface area contributed by atoms with Gasteiger partial charge in [-0.3, -0.25) is 9.59 Å². The molecule has 2 rings (SSSR count). The molecular weight excluding hydrogens is 348 g/mol. The minimum atomic E-state index is -1.35. The minimum Gasteiger partial charge on any atom is -0.495 e. The lowest BCUT2D eigenvalue weighted by Gasteiger charge is -2.23. The second kappa shape index (κ2) is 8.35. The predicted octanol–water partition coefficient (Wildman–Crippen LogP) is 3.09. The number of anilines is 2. The highest BCUT2D eigenvalue weighted by atomic mass is 16.5. The summed E-state index contributed by atoms with van der Waals surface area (Å²) in [6.07, 6.45) is 0. The Morgan fingerprint density at radius 3 is 2.04 bits per heavy atom. The van der Waals surface area contributed by atoms with Crippen LogP contribution in [0, 0.1) is 5.41 Å². The van der Waals surface area contributed by atoms with Gasteiger partial charge in [0, 0.05) is 5.69 Å². The minimum absolute atomic E-state index is 0.365. The maximum Gasteiger partial charge on any atom is 0.337 e. The van der Waals surface area contributed by atoms with Crippen molar-refractivity contribution in [1.29, 1.82) is 0 Å². The molecule has 2 aromatic carbocycles. The summed E-state index contributed by atoms with van der Waals surface area (Å²) in [5, 5.41) is 5.39. The number of rotatable bonds is 6. The van der Waals surface area contributed by atoms with Crippen molar-refractivity contribution in [3.8, 4) is 5.75 Å². The second-order valence-electron chi connectivity index (χ2n) is 6.30. The van der Waals surface area contributed by atoms with Gasteiger partial charge in [-0.05, 0) is 50.2 Å². The molecule has 0 aliphatic carbocycles. The predicted molar refractivity (Wildman–Crippen MR) is 102 cm³/mol. The number of nitrogens with one attached hydrogen (secondary N) is 2. The van der Waals surface area contributed by atoms with Crippen molar-refractivity contribution in [2.24, 2.45) is 5.41 Å². The third kappa shape index (κ3) is 4.63. The van der Waals surface area contributed by atoms with Crippen LogP contribution in [-0.2, 0) is 14.3 Å². The monoisotopic (exact) mass is 370 g/mol. The number of hydrogen-bond donors (Lipinski definition) is 2. The number of methoxy groups -OCH3 is 2. The zero-order chi connectivity index (χ0) is 20.0. The summed E-state index contributed by atoms with van der Waals surface area (Å²) < 4.78 is 9.83. The van der Waals surface area contributed by atoms with Crippen molar-refractivity contribution in [2.45, 2.75) is 13.8 Å². The number of para-hydroxylation sites is 2. The van der Waals surface area contributed by atoms with Crippen molar-refractivity contribution in [3.63, 3.8) is 0 Å². The molecule has 0 aliphatic heterocycles. The normalized spacial score (nSPS) is 10.7. The zero-order valence-electron chi connectivity index (χ0n) is 15.7. The van der Waals surface area contributed by atoms with Crippen LogP contribution in [0.25, 0.3) is 0 Å². The van der Waals surface area contributed by atoms with E-state index in [9.17, 15) is 14.4 Å². The van der Waals surface area contributed by atoms with Gasteiger partial charge in [0.15, 0.2) is 0 Å². The van der Waals surface area contributed by atoms with E-state index in [0.717, 1.165) is 0 Å². The van der Waals surface area contributed by atoms with Gasteiger partial charge >= 0.3 is 5.97 Å². The van der Waals surface area contributed by atoms with Gasteiger partial charge in [-0.15, -0.1) is 0 Å². The van der Waals surface area contributed by atoms with Crippen molar-refractivity contribution >= 4 is 29.2 Å². The van der Waals surface area contributed by atoms with Gasteiger partial charge in [-0.25, -0.2) is 4.79 Å². The molecule has 0 atom stereocenters. The molecule has 2 amide bonds. The van der Waals surface area contributed by atoms with Crippen LogP contribution in [0.15, 0.2) is 48.5 Å². The Bertz CT molecular complexity index is 844. The molecule has 0 saturated carbocycles. The Morgan fingerprint density at radius 1 is 0.852 bits per heavy atom. The SMILES string of the molecule is COC(=O)c1ccc(NC(=O)C(C)(C)C(=O)Nc2ccccc2OC)cc1. The summed E-state index contributed by atoms with van der Waals surface area (Å²) in [5.41, 5.74) is -0.0372. The van der Waals surface area contributed by atoms with Crippen LogP contribution in [0.5, 0.6) is 5.75 Å². The molecule has 0 saturated heterocycles. The first-order valence-electron chi connectivity index (χ1n) is 8.24. The van der Waals surface area contributed by atoms with Crippen LogP contribution in [0.1, 0.15) is 24.2 Å². The van der Waals surface area contributed by atoms with Crippen LogP contribution in [0.3, 0.4) is 0 Å². The van der Waals surface area contributed by atoms with Gasteiger partial charge < -0.3 is 20.1 Å². The molecule has 0 unspecified atom stereocenters. The summed E-state index contributed by atoms with van der Waals surface area (Å²) >= 11 is 0. The number of carbonyl (C=O) groups excluding carboxylic acids is 3. The fourth-order valence-corrected chi connectivity index (χ4v) is 2.22. The average molecular weight is 370 g/mol. The molecule has 0 heterocycles. The van der Waals surface area contributed by atoms with Gasteiger partial charge in [0.2, 0.25) is 11.8 Å². The van der Waals surface area contributed by atoms with Crippen LogP contribution in [0.4, 0.5) is 11.4 Å². The average Bonchev–Trinajstić information content (AvgIpc) is 2.68. The molecule has 7 heteroatoms. The third-order valence-corrected chi connectivity index (χ3v) is 4.05. The highest BCUT2D eigenvalue weighted by Crippen LogP contribution is 2.27. The van der Waals surface area contributed by atoms with Gasteiger partial charge in [0.1, 0.15) is 11.2 Å². The molecule has 0 aliphatic rings. The van der Waals surface area contributed by atoms with Crippen LogP contribution in [0.2, 0.25) is 0 Å². The molecule has 0 radical (unpaired) electrons. The second-order valence-corrected chi connectivity index (χ2v) is 6.30. The van der Waals surface area contributed by atoms with E-state index in [1.165, 1.54) is 40.2 Å². The van der Waals surface area contributed by atoms with E-state index in [4.69, 9.17) is 4.74 Å². The molecule has 27 heavy (non-hydrogen) atoms. The van der Waals surface area contributed by atoms with E-state index in [2.05, 4.69) is 15.4 Å². The molecule has 2 aromatic rings. The van der Waals surface area contributed by atoms with E-state index in [1.54, 1.807) is 36.4 Å². The number of carbonyl (C=O) groups is 3. The van der Waals surface area contributed by atoms with Gasteiger partial charge in [-0.1, -0.05) is 12.1 Å². The number of ether oxygens (including phenoxy) is 2. The van der Waals surface area contributed by atoms with Crippen LogP contribution < -0.4 is 15.4 Å². The maximum absolute atomic E-state index is 12.6. The number of benzene rings is 2. The number of amides is 2. The summed E-state index contributed by atoms with van der Waals surface area (Å²) in [6, 6.07) is 13.1. The summed E-state index contributed by atoms with van der Waals surface area (Å²) in [4.78, 5) is 36.7. The van der Waals surface area contributed by atoms with E-state index in [1.807, 2.05) is 0 Å². The van der Waals surface area contributed by atoms with Crippen LogP contribution in [-0.4, -0.2) is 32.0 Å². The molecule has 0 bridgehead atoms. The lowest BCUT2D eigenvalue weighted by molar-refractivity contribution is -0.135. The largest absolute Gasteiger partial charge is 0.495 e. The number of esters is 1. The van der Waals surface area contributed by atoms with E-state index < -0.39 is 23.2 Å². The smallest absolute Gasteiger partial charge is 0.337 e. The first kappa shape index (κ1) is 20.0. The molecule has 7 nitrogen and oxygen atoms in total. The maximum atomic E-state index is 12.6. The number of hydrogen-bond acceptors (Lipinski definition) is 5. The molecule has 0 fully saturated rings. The van der Waals surface area contributed by atoms with Crippen molar-refractivity contribution in [2.75, 3.05) is 24.9 Å². The molecular formula is C20H22N2O5. The van der Waals surface area contributed by atoms with Crippen molar-refractivity contribution in [1.82, 2.24) is 0 Å². The van der Waals surface area contributed by atoms with Crippen molar-refractivity contribution in [3.05, 3.63) is 54.1 Å². The van der Waals surface area contributed by atoms with Crippen LogP contribution >= 0.6 is 0 Å². The van der Waals surface area contributed by atoms with E-state index in [-0.39, 0.29) is 0 Å². The Balaban J connectivity index is 2.09. The highest BCUT2D eigenvalue weighted by molar-refractivity contribution is 6.14. The third-order valence-electron chi connectivity index (χ3n) is 4.05. The standard InChI is InChI=1S/C20H22N2O5/c1-20(2,19(25)22-15-7-5-6-8-16(15)26-3)18(24)21-14-11-9-13(10-12-14)17(23)27-4/h5-12H,1-4H3,(H,21,24)(H,22,25). The first-order valence-corrected chi connectivity index (χ1v) is 8.24. The summed E-state index contributed by atoms with van der Waals surface area (Å²) in [5.74, 6) is -0.929. The molecule has 142 valence electrons. The van der Waals surface area contributed by atoms with Gasteiger partial charge in [0.05, 0.1) is 25.5 Å². The summed E-state index contributed by atoms with van der Waals surface area (Å²) in [6.45, 7) is 3.05. The first-order chi connectivity index (χ1) is 12.8. The Kier molecular flexibility index (Phi) is 6.18. The fraction of sp³-hybridized carbons (Fsp3) is 0.250. The fourth-order valence-electron chi connectivity index (χ4n) is 2.22. The topological polar surface area (TPSA) is 93.7 Å². The van der Waals surface area contributed by atoms with E-state index >= 15 is 0 Å². The Morgan fingerprint density at radius 2 is 1.44 bits per heavy atom. The van der Waals surface area contributed by atoms with E-state index in [0.29, 0.717) is 22.7 Å². The summed E-state index contributed by atoms with van der Waals surface area (Å²) in [7, 11) is 2.79. The Labute approximate surface area is 157 Å². The lowest BCUT2D eigenvalue weighted by Crippen LogP contribution is -2.41. The highest BCUT2D eigenvalue weighted by Gasteiger charge is 2.36.